The maximum atomic E-state index is 11.0. The van der Waals surface area contributed by atoms with Gasteiger partial charge in [0.15, 0.2) is 0 Å². The van der Waals surface area contributed by atoms with Gasteiger partial charge in [0.05, 0.1) is 5.52 Å². The number of hydrogen-bond acceptors (Lipinski definition) is 4. The maximum Gasteiger partial charge on any atom is 0.224 e. The van der Waals surface area contributed by atoms with E-state index in [0.717, 1.165) is 22.8 Å². The summed E-state index contributed by atoms with van der Waals surface area (Å²) in [6.45, 7) is 2.56. The number of carbonyl (C=O) groups excluding carboxylic acids is 1. The van der Waals surface area contributed by atoms with Crippen LogP contribution in [0.3, 0.4) is 0 Å². The second-order valence-electron chi connectivity index (χ2n) is 5.16. The lowest BCUT2D eigenvalue weighted by atomic mass is 10.1. The third-order valence-electron chi connectivity index (χ3n) is 3.58. The molecular formula is C17H13Cl2N3O. The van der Waals surface area contributed by atoms with Gasteiger partial charge in [0.1, 0.15) is 12.1 Å². The summed E-state index contributed by atoms with van der Waals surface area (Å²) in [5, 5.41) is 4.88. The zero-order valence-corrected chi connectivity index (χ0v) is 13.8. The standard InChI is InChI=1S/C17H13Cl2N3O/c1-10-6-13(18)4-3-12(10)8-20-16-14-7-11(9-23)2-5-15(14)21-17(19)22-16/h2-7,9H,8H2,1H3,(H,20,21,22). The SMILES string of the molecule is Cc1cc(Cl)ccc1CNc1nc(Cl)nc2ccc(C=O)cc12. The lowest BCUT2D eigenvalue weighted by Gasteiger charge is -2.11. The smallest absolute Gasteiger partial charge is 0.224 e. The Morgan fingerprint density at radius 2 is 1.96 bits per heavy atom. The fourth-order valence-corrected chi connectivity index (χ4v) is 2.76. The Balaban J connectivity index is 1.96. The highest BCUT2D eigenvalue weighted by molar-refractivity contribution is 6.30. The molecule has 4 nitrogen and oxygen atoms in total. The molecule has 0 amide bonds. The van der Waals surface area contributed by atoms with E-state index in [1.807, 2.05) is 25.1 Å². The highest BCUT2D eigenvalue weighted by atomic mass is 35.5. The molecule has 116 valence electrons. The highest BCUT2D eigenvalue weighted by Crippen LogP contribution is 2.24. The monoisotopic (exact) mass is 345 g/mol. The van der Waals surface area contributed by atoms with Gasteiger partial charge in [-0.1, -0.05) is 17.7 Å². The summed E-state index contributed by atoms with van der Waals surface area (Å²) in [5.41, 5.74) is 3.44. The van der Waals surface area contributed by atoms with E-state index in [2.05, 4.69) is 15.3 Å². The fourth-order valence-electron chi connectivity index (χ4n) is 2.36. The molecule has 0 radical (unpaired) electrons. The summed E-state index contributed by atoms with van der Waals surface area (Å²) in [6, 6.07) is 10.9. The van der Waals surface area contributed by atoms with E-state index in [1.54, 1.807) is 18.2 Å². The number of nitrogens with one attached hydrogen (secondary N) is 1. The number of halogens is 2. The first-order valence-electron chi connectivity index (χ1n) is 6.98. The Labute approximate surface area is 143 Å². The first-order chi connectivity index (χ1) is 11.1. The normalized spacial score (nSPS) is 10.7. The van der Waals surface area contributed by atoms with Crippen molar-refractivity contribution in [1.82, 2.24) is 9.97 Å². The fraction of sp³-hybridized carbons (Fsp3) is 0.118. The summed E-state index contributed by atoms with van der Waals surface area (Å²) < 4.78 is 0. The molecule has 0 aliphatic rings. The molecule has 0 saturated carbocycles. The van der Waals surface area contributed by atoms with Crippen LogP contribution in [0.15, 0.2) is 36.4 Å². The van der Waals surface area contributed by atoms with Crippen molar-refractivity contribution in [2.75, 3.05) is 5.32 Å². The van der Waals surface area contributed by atoms with Gasteiger partial charge in [0.2, 0.25) is 5.28 Å². The van der Waals surface area contributed by atoms with Crippen LogP contribution in [-0.2, 0) is 6.54 Å². The van der Waals surface area contributed by atoms with E-state index in [4.69, 9.17) is 23.2 Å². The van der Waals surface area contributed by atoms with E-state index in [9.17, 15) is 4.79 Å². The van der Waals surface area contributed by atoms with E-state index in [0.29, 0.717) is 28.5 Å². The van der Waals surface area contributed by atoms with Gasteiger partial charge in [-0.05, 0) is 60.0 Å². The Morgan fingerprint density at radius 1 is 1.13 bits per heavy atom. The van der Waals surface area contributed by atoms with Crippen LogP contribution in [-0.4, -0.2) is 16.3 Å². The molecule has 0 bridgehead atoms. The van der Waals surface area contributed by atoms with Gasteiger partial charge in [-0.15, -0.1) is 0 Å². The quantitative estimate of drug-likeness (QED) is 0.551. The molecule has 1 N–H and O–H groups in total. The minimum atomic E-state index is 0.159. The predicted octanol–water partition coefficient (Wildman–Crippen LogP) is 4.67. The molecule has 3 rings (SSSR count). The van der Waals surface area contributed by atoms with E-state index in [-0.39, 0.29) is 5.28 Å². The number of anilines is 1. The Hall–Kier alpha value is -2.17. The molecule has 0 aliphatic heterocycles. The largest absolute Gasteiger partial charge is 0.365 e. The number of rotatable bonds is 4. The topological polar surface area (TPSA) is 54.9 Å². The van der Waals surface area contributed by atoms with E-state index >= 15 is 0 Å². The molecule has 0 unspecified atom stereocenters. The lowest BCUT2D eigenvalue weighted by Crippen LogP contribution is -2.05. The number of aldehydes is 1. The summed E-state index contributed by atoms with van der Waals surface area (Å²) >= 11 is 12.0. The number of nitrogens with zero attached hydrogens (tertiary/aromatic N) is 2. The lowest BCUT2D eigenvalue weighted by molar-refractivity contribution is 0.112. The summed E-state index contributed by atoms with van der Waals surface area (Å²) in [6.07, 6.45) is 0.793. The number of aryl methyl sites for hydroxylation is 1. The molecular weight excluding hydrogens is 333 g/mol. The molecule has 2 aromatic carbocycles. The molecule has 3 aromatic rings. The van der Waals surface area contributed by atoms with Crippen molar-refractivity contribution in [2.24, 2.45) is 0 Å². The molecule has 23 heavy (non-hydrogen) atoms. The van der Waals surface area contributed by atoms with Crippen molar-refractivity contribution >= 4 is 46.2 Å². The minimum Gasteiger partial charge on any atom is -0.365 e. The number of carbonyl (C=O) groups is 1. The van der Waals surface area contributed by atoms with Gasteiger partial charge in [0, 0.05) is 22.5 Å². The van der Waals surface area contributed by atoms with Gasteiger partial charge < -0.3 is 5.32 Å². The van der Waals surface area contributed by atoms with Crippen LogP contribution in [0.2, 0.25) is 10.3 Å². The molecule has 1 aromatic heterocycles. The zero-order chi connectivity index (χ0) is 16.4. The third-order valence-corrected chi connectivity index (χ3v) is 3.98. The average Bonchev–Trinajstić information content (AvgIpc) is 2.53. The highest BCUT2D eigenvalue weighted by Gasteiger charge is 2.08. The molecule has 0 aliphatic carbocycles. The number of fused-ring (bicyclic) bond motifs is 1. The summed E-state index contributed by atoms with van der Waals surface area (Å²) in [7, 11) is 0. The van der Waals surface area contributed by atoms with Crippen LogP contribution in [0, 0.1) is 6.92 Å². The number of hydrogen-bond donors (Lipinski definition) is 1. The summed E-state index contributed by atoms with van der Waals surface area (Å²) in [5.74, 6) is 0.595. The van der Waals surface area contributed by atoms with Gasteiger partial charge >= 0.3 is 0 Å². The molecule has 6 heteroatoms. The van der Waals surface area contributed by atoms with Gasteiger partial charge in [0.25, 0.3) is 0 Å². The van der Waals surface area contributed by atoms with Crippen molar-refractivity contribution in [3.05, 3.63) is 63.4 Å². The van der Waals surface area contributed by atoms with Gasteiger partial charge in [-0.25, -0.2) is 9.97 Å². The van der Waals surface area contributed by atoms with E-state index < -0.39 is 0 Å². The van der Waals surface area contributed by atoms with Crippen molar-refractivity contribution in [1.29, 1.82) is 0 Å². The second kappa shape index (κ2) is 6.52. The molecule has 1 heterocycles. The Kier molecular flexibility index (Phi) is 4.46. The van der Waals surface area contributed by atoms with Crippen LogP contribution in [0.5, 0.6) is 0 Å². The van der Waals surface area contributed by atoms with Crippen molar-refractivity contribution in [2.45, 2.75) is 13.5 Å². The van der Waals surface area contributed by atoms with Crippen molar-refractivity contribution in [3.63, 3.8) is 0 Å². The summed E-state index contributed by atoms with van der Waals surface area (Å²) in [4.78, 5) is 19.4. The first kappa shape index (κ1) is 15.7. The third kappa shape index (κ3) is 3.44. The molecule has 0 spiro atoms. The van der Waals surface area contributed by atoms with Crippen LogP contribution in [0.1, 0.15) is 21.5 Å². The van der Waals surface area contributed by atoms with Gasteiger partial charge in [-0.2, -0.15) is 0 Å². The van der Waals surface area contributed by atoms with Crippen molar-refractivity contribution in [3.8, 4) is 0 Å². The minimum absolute atomic E-state index is 0.159. The zero-order valence-electron chi connectivity index (χ0n) is 12.3. The van der Waals surface area contributed by atoms with Crippen LogP contribution in [0.4, 0.5) is 5.82 Å². The maximum absolute atomic E-state index is 11.0. The van der Waals surface area contributed by atoms with Crippen LogP contribution >= 0.6 is 23.2 Å². The van der Waals surface area contributed by atoms with Crippen molar-refractivity contribution < 1.29 is 4.79 Å². The second-order valence-corrected chi connectivity index (χ2v) is 5.93. The Morgan fingerprint density at radius 3 is 2.70 bits per heavy atom. The molecule has 0 saturated heterocycles. The van der Waals surface area contributed by atoms with Crippen LogP contribution in [0.25, 0.3) is 10.9 Å². The first-order valence-corrected chi connectivity index (χ1v) is 7.74. The molecule has 0 atom stereocenters. The number of aromatic nitrogens is 2. The Bertz CT molecular complexity index is 896. The average molecular weight is 346 g/mol. The predicted molar refractivity (Wildman–Crippen MR) is 93.5 cm³/mol. The molecule has 0 fully saturated rings. The van der Waals surface area contributed by atoms with E-state index in [1.165, 1.54) is 0 Å². The number of benzene rings is 2. The van der Waals surface area contributed by atoms with Gasteiger partial charge in [-0.3, -0.25) is 4.79 Å². The van der Waals surface area contributed by atoms with Crippen LogP contribution < -0.4 is 5.32 Å².